The van der Waals surface area contributed by atoms with Crippen LogP contribution in [0.3, 0.4) is 0 Å². The molecule has 0 aliphatic carbocycles. The fourth-order valence-corrected chi connectivity index (χ4v) is 17.2. The Labute approximate surface area is 678 Å². The minimum Gasteiger partial charge on any atom is -0.481 e. The summed E-state index contributed by atoms with van der Waals surface area (Å²) in [6, 6.07) is 10.8. The first-order valence-electron chi connectivity index (χ1n) is 40.1. The van der Waals surface area contributed by atoms with Crippen LogP contribution in [0.25, 0.3) is 11.3 Å². The van der Waals surface area contributed by atoms with E-state index in [0.29, 0.717) is 43.7 Å². The highest BCUT2D eigenvalue weighted by molar-refractivity contribution is 6.01. The van der Waals surface area contributed by atoms with Gasteiger partial charge in [0.15, 0.2) is 47.2 Å². The van der Waals surface area contributed by atoms with Crippen LogP contribution in [0.5, 0.6) is 5.88 Å². The van der Waals surface area contributed by atoms with Crippen LogP contribution in [0.15, 0.2) is 91.6 Å². The SMILES string of the molecule is CC[C@H]1OC(=O)[C@H](C)C(=O)[C@H](C)[C@@H](O[C@@H]2O[C@H](C)C[C@H](N(C)C)[C@H]2O)[C@@](C)(OC)C[C@@H](C)C(=O)[C@H](C)[C@H]2N(CCCCn3cnc(-c4ccc(OC)nc4)c3)C(=O)O[C@]12C.CC[C@H]1OC(=O)[C@H](C)C(=O)[C@H](C)[C@@H](O[C@@H]2O[C@H](C)C[C@H](N(C)C)[C@H]2OC(=O)c2ccccc2)[C@@](C)(OC)C[C@@H](C)C(=O)/C(C)=C/[C@]1(C)OC(=O)n1ccnc1.[2HH]. The number of Topliss-reactive ketones (excluding diaryl/α,β-unsaturated/α-hetero) is 4. The lowest BCUT2D eigenvalue weighted by Crippen LogP contribution is -2.60. The van der Waals surface area contributed by atoms with Crippen molar-refractivity contribution in [2.45, 2.75) is 271 Å². The molecular formula is C85H126N8O22. The molecule has 0 spiro atoms. The molecule has 5 aliphatic heterocycles. The fourth-order valence-electron chi connectivity index (χ4n) is 17.2. The van der Waals surface area contributed by atoms with Crippen LogP contribution in [0.1, 0.15) is 174 Å². The molecule has 0 bridgehead atoms. The molecule has 115 heavy (non-hydrogen) atoms. The van der Waals surface area contributed by atoms with Crippen LogP contribution in [0, 0.1) is 41.4 Å². The Morgan fingerprint density at radius 3 is 1.77 bits per heavy atom. The molecule has 1 amide bonds. The second-order valence-electron chi connectivity index (χ2n) is 33.1. The van der Waals surface area contributed by atoms with E-state index >= 15 is 0 Å². The second kappa shape index (κ2) is 39.4. The smallest absolute Gasteiger partial charge is 0.420 e. The summed E-state index contributed by atoms with van der Waals surface area (Å²) in [7, 11) is 12.0. The Hall–Kier alpha value is -8.20. The molecule has 9 rings (SSSR count). The van der Waals surface area contributed by atoms with Gasteiger partial charge in [-0.05, 0) is 172 Å². The molecule has 1 N–H and O–H groups in total. The zero-order valence-corrected chi connectivity index (χ0v) is 71.3. The average molecular weight is 1610 g/mol. The second-order valence-corrected chi connectivity index (χ2v) is 33.1. The van der Waals surface area contributed by atoms with Gasteiger partial charge in [-0.2, -0.15) is 0 Å². The number of allylic oxidation sites excluding steroid dienone is 1. The lowest BCUT2D eigenvalue weighted by molar-refractivity contribution is -0.295. The predicted molar refractivity (Wildman–Crippen MR) is 424 cm³/mol. The molecule has 30 heteroatoms. The monoisotopic (exact) mass is 1610 g/mol. The third-order valence-corrected chi connectivity index (χ3v) is 24.0. The highest BCUT2D eigenvalue weighted by Crippen LogP contribution is 2.45. The standard InChI is InChI=1S/C44H67N5O11.C41H57N3O11.H2/c1-13-33-44(8)38(49(42(54)60-44)19-15-14-18-48-23-31(46-24-48)30-16-17-34(55-11)45-22-30)27(4)35(50)25(2)21-43(7,56-12)39(28(5)36(51)29(6)40(53)58-33)59-41-37(52)32(47(9)10)20-26(3)57-41;1-12-31-40(7,55-39(49)44-19-18-42-23-44)21-24(2)32(45)25(3)22-41(8,50-11)35(27(5)33(46)28(6)36(47)52-31)54-38-34(30(43(9)10)20-26(4)51-38)53-37(48)29-16-14-13-15-17-29;/h16-17,22-29,32-33,37-39,41,52H,13-15,18-21H2,1-12H3;13-19,21,23,25-28,30-31,34-35,38H,12,20,22H2,1-11H3;1H/b;24-21+;/t25-,26-,27+,28+,29-,32+,33-,37-,38-,39-,41+,43+,44-;25-,26-,27+,28-,30+,31-,34-,35-,38+,40+,41+;/m11./s1/i;;1+1. The lowest BCUT2D eigenvalue weighted by atomic mass is 9.73. The summed E-state index contributed by atoms with van der Waals surface area (Å²) in [6.45, 7) is 28.2. The predicted octanol–water partition coefficient (Wildman–Crippen LogP) is 10.6. The summed E-state index contributed by atoms with van der Waals surface area (Å²) in [6.07, 6.45) is 3.52. The third-order valence-electron chi connectivity index (χ3n) is 24.0. The van der Waals surface area contributed by atoms with Gasteiger partial charge in [0.25, 0.3) is 0 Å². The van der Waals surface area contributed by atoms with Gasteiger partial charge >= 0.3 is 30.1 Å². The number of aliphatic hydroxyl groups is 1. The van der Waals surface area contributed by atoms with E-state index in [1.54, 1.807) is 130 Å². The van der Waals surface area contributed by atoms with Crippen LogP contribution in [0.4, 0.5) is 9.59 Å². The largest absolute Gasteiger partial charge is 0.481 e. The van der Waals surface area contributed by atoms with E-state index in [1.807, 2.05) is 82.5 Å². The summed E-state index contributed by atoms with van der Waals surface area (Å²) in [5.74, 6) is -9.71. The number of methoxy groups -OCH3 is 3. The minimum atomic E-state index is -1.61. The molecule has 1 aromatic carbocycles. The number of amides is 1. The van der Waals surface area contributed by atoms with E-state index in [4.69, 9.17) is 56.8 Å². The van der Waals surface area contributed by atoms with Gasteiger partial charge < -0.3 is 81.2 Å². The van der Waals surface area contributed by atoms with Crippen LogP contribution >= 0.6 is 0 Å². The van der Waals surface area contributed by atoms with Gasteiger partial charge in [-0.3, -0.25) is 28.8 Å². The Morgan fingerprint density at radius 1 is 0.670 bits per heavy atom. The van der Waals surface area contributed by atoms with Gasteiger partial charge in [-0.15, -0.1) is 0 Å². The van der Waals surface area contributed by atoms with Gasteiger partial charge in [-0.1, -0.05) is 66.7 Å². The van der Waals surface area contributed by atoms with Crippen molar-refractivity contribution in [2.75, 3.05) is 56.1 Å². The Kier molecular flexibility index (Phi) is 31.6. The summed E-state index contributed by atoms with van der Waals surface area (Å²) in [4.78, 5) is 144. The van der Waals surface area contributed by atoms with E-state index in [2.05, 4.69) is 15.0 Å². The van der Waals surface area contributed by atoms with E-state index in [-0.39, 0.29) is 75.1 Å². The number of rotatable bonds is 20. The average Bonchev–Trinajstić information content (AvgIpc) is 1.56. The first-order chi connectivity index (χ1) is 54.1. The Bertz CT molecular complexity index is 4020. The van der Waals surface area contributed by atoms with E-state index in [9.17, 15) is 48.3 Å². The zero-order valence-electron chi connectivity index (χ0n) is 71.3. The lowest BCUT2D eigenvalue weighted by Gasteiger charge is -2.47. The van der Waals surface area contributed by atoms with Gasteiger partial charge in [-0.25, -0.2) is 33.9 Å². The molecule has 5 aliphatic rings. The number of hydrogen-bond acceptors (Lipinski definition) is 27. The van der Waals surface area contributed by atoms with Crippen molar-refractivity contribution in [3.05, 3.63) is 97.1 Å². The maximum absolute atomic E-state index is 14.7. The number of hydrogen-bond donors (Lipinski definition) is 1. The molecular weight excluding hydrogens is 1480 g/mol. The number of benzene rings is 1. The highest BCUT2D eigenvalue weighted by Gasteiger charge is 2.61. The number of pyridine rings is 1. The maximum Gasteiger partial charge on any atom is 0.420 e. The summed E-state index contributed by atoms with van der Waals surface area (Å²) in [5, 5.41) is 11.5. The number of carbonyl (C=O) groups is 9. The number of esters is 3. The number of unbranched alkanes of at least 4 members (excludes halogenated alkanes) is 1. The topological polar surface area (TPSA) is 343 Å². The molecule has 30 nitrogen and oxygen atoms in total. The molecule has 0 unspecified atom stereocenters. The molecule has 8 heterocycles. The zero-order chi connectivity index (χ0) is 85.1. The van der Waals surface area contributed by atoms with Crippen LogP contribution in [-0.2, 0) is 87.4 Å². The molecule has 4 fully saturated rings. The van der Waals surface area contributed by atoms with Crippen molar-refractivity contribution in [3.63, 3.8) is 0 Å². The minimum absolute atomic E-state index is 0. The Morgan fingerprint density at radius 2 is 1.23 bits per heavy atom. The quantitative estimate of drug-likeness (QED) is 0.0372. The van der Waals surface area contributed by atoms with Crippen molar-refractivity contribution in [1.82, 2.24) is 38.8 Å². The molecule has 0 saturated carbocycles. The third kappa shape index (κ3) is 21.2. The molecule has 4 saturated heterocycles. The number of cyclic esters (lactones) is 2. The number of carbonyl (C=O) groups excluding carboxylic acids is 9. The molecule has 3 aromatic heterocycles. The number of aryl methyl sites for hydroxylation is 1. The fraction of sp³-hybridized carbons (Fsp3) is 0.671. The number of likely N-dealkylation sites (N-methyl/N-ethyl adjacent to an activating group) is 2. The van der Waals surface area contributed by atoms with Gasteiger partial charge in [0.1, 0.15) is 42.3 Å². The number of ether oxygens (including phenoxy) is 12. The van der Waals surface area contributed by atoms with Crippen LogP contribution < -0.4 is 4.74 Å². The first-order valence-corrected chi connectivity index (χ1v) is 40.1. The van der Waals surface area contributed by atoms with Crippen LogP contribution in [0.2, 0.25) is 0 Å². The summed E-state index contributed by atoms with van der Waals surface area (Å²) in [5.41, 5.74) is -3.38. The maximum atomic E-state index is 14.7. The molecule has 24 atom stereocenters. The van der Waals surface area contributed by atoms with Gasteiger partial charge in [0.05, 0.1) is 72.4 Å². The summed E-state index contributed by atoms with van der Waals surface area (Å²) >= 11 is 0. The highest BCUT2D eigenvalue weighted by atomic mass is 16.7. The van der Waals surface area contributed by atoms with Gasteiger partial charge in [0.2, 0.25) is 5.88 Å². The van der Waals surface area contributed by atoms with E-state index in [0.717, 1.165) is 15.8 Å². The van der Waals surface area contributed by atoms with Crippen molar-refractivity contribution in [2.24, 2.45) is 41.4 Å². The number of ketones is 4. The number of nitrogens with zero attached hydrogens (tertiary/aromatic N) is 8. The van der Waals surface area contributed by atoms with E-state index < -0.39 is 161 Å². The molecule has 0 radical (unpaired) electrons. The van der Waals surface area contributed by atoms with Gasteiger partial charge in [0, 0.05) is 101 Å². The van der Waals surface area contributed by atoms with E-state index in [1.165, 1.54) is 52.9 Å². The Balaban J connectivity index is 0.000000319. The number of aromatic nitrogens is 5. The summed E-state index contributed by atoms with van der Waals surface area (Å²) < 4.78 is 76.9. The number of fused-ring (bicyclic) bond motifs is 1. The van der Waals surface area contributed by atoms with Crippen molar-refractivity contribution < 1.29 is 107 Å². The molecule has 4 aromatic rings. The number of imidazole rings is 2. The van der Waals surface area contributed by atoms with Crippen molar-refractivity contribution in [3.8, 4) is 17.1 Å². The normalized spacial score (nSPS) is 35.4. The first kappa shape index (κ1) is 92.3. The molecule has 638 valence electrons. The van der Waals surface area contributed by atoms with Crippen molar-refractivity contribution >= 4 is 53.2 Å². The number of aliphatic hydroxyl groups excluding tert-OH is 1. The van der Waals surface area contributed by atoms with Crippen LogP contribution in [-0.4, -0.2) is 255 Å². The van der Waals surface area contributed by atoms with Crippen molar-refractivity contribution in [1.29, 1.82) is 0 Å².